The van der Waals surface area contributed by atoms with Gasteiger partial charge in [-0.15, -0.1) is 0 Å². The Kier molecular flexibility index (Phi) is 9.45. The normalized spacial score (nSPS) is 22.1. The zero-order valence-corrected chi connectivity index (χ0v) is 28.5. The summed E-state index contributed by atoms with van der Waals surface area (Å²) in [6, 6.07) is 8.37. The van der Waals surface area contributed by atoms with E-state index in [4.69, 9.17) is 9.47 Å². The zero-order chi connectivity index (χ0) is 33.3. The van der Waals surface area contributed by atoms with Gasteiger partial charge in [0, 0.05) is 41.7 Å². The Labute approximate surface area is 281 Å². The van der Waals surface area contributed by atoms with E-state index in [1.54, 1.807) is 22.0 Å². The first-order valence-corrected chi connectivity index (χ1v) is 16.4. The third-order valence-corrected chi connectivity index (χ3v) is 9.67. The number of hydrogen-bond acceptors (Lipinski definition) is 9. The van der Waals surface area contributed by atoms with Crippen molar-refractivity contribution in [1.82, 2.24) is 29.6 Å². The van der Waals surface area contributed by atoms with Crippen molar-refractivity contribution in [1.29, 1.82) is 0 Å². The summed E-state index contributed by atoms with van der Waals surface area (Å²) >= 11 is 3.44. The smallest absolute Gasteiger partial charge is 0.245 e. The van der Waals surface area contributed by atoms with Crippen LogP contribution in [0, 0.1) is 12.3 Å². The Morgan fingerprint density at radius 1 is 1.06 bits per heavy atom. The number of amides is 1. The van der Waals surface area contributed by atoms with E-state index in [0.29, 0.717) is 59.9 Å². The van der Waals surface area contributed by atoms with Crippen molar-refractivity contribution in [3.8, 4) is 11.1 Å². The highest BCUT2D eigenvalue weighted by molar-refractivity contribution is 9.10. The van der Waals surface area contributed by atoms with Crippen LogP contribution in [0.15, 0.2) is 59.5 Å². The zero-order valence-electron chi connectivity index (χ0n) is 26.9. The quantitative estimate of drug-likeness (QED) is 0.163. The Morgan fingerprint density at radius 3 is 2.55 bits per heavy atom. The number of rotatable bonds is 4. The summed E-state index contributed by atoms with van der Waals surface area (Å²) in [4.78, 5) is 56.0. The fraction of sp³-hybridized carbons (Fsp3) is 0.400. The molecule has 47 heavy (non-hydrogen) atoms. The van der Waals surface area contributed by atoms with E-state index in [-0.39, 0.29) is 42.2 Å². The Balaban J connectivity index is 1.34. The van der Waals surface area contributed by atoms with Gasteiger partial charge in [-0.1, -0.05) is 31.2 Å². The number of ketones is 2. The average molecular weight is 702 g/mol. The number of ether oxygens (including phenoxy) is 2. The topological polar surface area (TPSA) is 129 Å². The number of aromatic nitrogens is 5. The van der Waals surface area contributed by atoms with Gasteiger partial charge in [-0.25, -0.2) is 15.0 Å². The van der Waals surface area contributed by atoms with Crippen molar-refractivity contribution in [2.75, 3.05) is 19.8 Å². The first-order valence-electron chi connectivity index (χ1n) is 15.6. The molecule has 2 aliphatic rings. The van der Waals surface area contributed by atoms with Gasteiger partial charge in [0.1, 0.15) is 22.7 Å². The minimum atomic E-state index is -0.691. The second-order valence-electron chi connectivity index (χ2n) is 12.5. The molecule has 244 valence electrons. The highest BCUT2D eigenvalue weighted by Crippen LogP contribution is 2.42. The molecule has 0 radical (unpaired) electrons. The second kappa shape index (κ2) is 13.5. The van der Waals surface area contributed by atoms with Crippen LogP contribution < -0.4 is 0 Å². The highest BCUT2D eigenvalue weighted by Gasteiger charge is 2.51. The van der Waals surface area contributed by atoms with Gasteiger partial charge in [0.25, 0.3) is 0 Å². The molecule has 1 saturated heterocycles. The number of halogens is 1. The van der Waals surface area contributed by atoms with Crippen molar-refractivity contribution in [2.24, 2.45) is 5.41 Å². The number of carbonyl (C=O) groups is 3. The molecule has 6 rings (SSSR count). The fourth-order valence-corrected chi connectivity index (χ4v) is 6.80. The number of hydrogen-bond donors (Lipinski definition) is 0. The van der Waals surface area contributed by atoms with Gasteiger partial charge in [0.15, 0.2) is 11.6 Å². The van der Waals surface area contributed by atoms with Crippen LogP contribution in [-0.4, -0.2) is 79.0 Å². The van der Waals surface area contributed by atoms with Crippen molar-refractivity contribution in [2.45, 2.75) is 65.8 Å². The Morgan fingerprint density at radius 2 is 1.81 bits per heavy atom. The number of fused-ring (bicyclic) bond motifs is 4. The third kappa shape index (κ3) is 6.81. The van der Waals surface area contributed by atoms with E-state index in [0.717, 1.165) is 16.7 Å². The molecule has 2 aliphatic heterocycles. The summed E-state index contributed by atoms with van der Waals surface area (Å²) in [7, 11) is 0. The van der Waals surface area contributed by atoms with E-state index >= 15 is 0 Å². The van der Waals surface area contributed by atoms with Gasteiger partial charge in [-0.2, -0.15) is 5.10 Å². The molecule has 4 aromatic rings. The summed E-state index contributed by atoms with van der Waals surface area (Å²) in [5, 5.41) is 5.23. The third-order valence-electron chi connectivity index (χ3n) is 9.22. The van der Waals surface area contributed by atoms with Crippen LogP contribution in [0.5, 0.6) is 0 Å². The van der Waals surface area contributed by atoms with E-state index < -0.39 is 11.5 Å². The van der Waals surface area contributed by atoms with E-state index in [1.165, 1.54) is 6.92 Å². The SMILES string of the molecule is CC(=O)c1nn(CC(=O)N2[C@H]3C[C@](C)(COCC=CCOCc4ccc(Br)nc4CC3=O)[C@H]2C)c2ccc(-c3cnc(C)nc3)cc12. The minimum absolute atomic E-state index is 0.0523. The van der Waals surface area contributed by atoms with Crippen LogP contribution in [-0.2, 0) is 38.6 Å². The lowest BCUT2D eigenvalue weighted by Gasteiger charge is -2.33. The van der Waals surface area contributed by atoms with Crippen LogP contribution in [0.2, 0.25) is 0 Å². The molecular formula is C35H37BrN6O5. The molecule has 0 unspecified atom stereocenters. The summed E-state index contributed by atoms with van der Waals surface area (Å²) in [6.07, 6.45) is 7.80. The lowest BCUT2D eigenvalue weighted by Crippen LogP contribution is -2.48. The van der Waals surface area contributed by atoms with E-state index in [1.807, 2.05) is 56.3 Å². The molecule has 11 nitrogen and oxygen atoms in total. The Hall–Kier alpha value is -4.13. The number of benzene rings is 1. The molecule has 0 saturated carbocycles. The Bertz CT molecular complexity index is 1870. The van der Waals surface area contributed by atoms with Crippen molar-refractivity contribution >= 4 is 44.3 Å². The van der Waals surface area contributed by atoms with Gasteiger partial charge >= 0.3 is 0 Å². The maximum absolute atomic E-state index is 14.3. The lowest BCUT2D eigenvalue weighted by atomic mass is 9.82. The largest absolute Gasteiger partial charge is 0.377 e. The predicted molar refractivity (Wildman–Crippen MR) is 179 cm³/mol. The molecule has 0 N–H and O–H groups in total. The number of nitrogens with zero attached hydrogens (tertiary/aromatic N) is 6. The van der Waals surface area contributed by atoms with Crippen LogP contribution in [0.3, 0.4) is 0 Å². The number of pyridine rings is 1. The highest BCUT2D eigenvalue weighted by atomic mass is 79.9. The summed E-state index contributed by atoms with van der Waals surface area (Å²) in [5.41, 5.74) is 3.52. The number of Topliss-reactive ketones (excluding diaryl/α,β-unsaturated/α-hetero) is 2. The van der Waals surface area contributed by atoms with E-state index in [2.05, 4.69) is 42.9 Å². The van der Waals surface area contributed by atoms with Gasteiger partial charge in [-0.3, -0.25) is 19.1 Å². The minimum Gasteiger partial charge on any atom is -0.377 e. The summed E-state index contributed by atoms with van der Waals surface area (Å²) in [5.74, 6) is 0.0826. The van der Waals surface area contributed by atoms with Crippen LogP contribution in [0.25, 0.3) is 22.0 Å². The lowest BCUT2D eigenvalue weighted by molar-refractivity contribution is -0.140. The van der Waals surface area contributed by atoms with Gasteiger partial charge in [0.2, 0.25) is 5.91 Å². The van der Waals surface area contributed by atoms with Gasteiger partial charge in [-0.05, 0) is 65.5 Å². The van der Waals surface area contributed by atoms with Gasteiger partial charge < -0.3 is 14.4 Å². The molecule has 3 aromatic heterocycles. The molecule has 12 heteroatoms. The maximum Gasteiger partial charge on any atom is 0.245 e. The molecule has 0 spiro atoms. The molecule has 3 atom stereocenters. The molecule has 1 aromatic carbocycles. The number of carbonyl (C=O) groups excluding carboxylic acids is 3. The first-order chi connectivity index (χ1) is 22.5. The van der Waals surface area contributed by atoms with Crippen molar-refractivity contribution in [3.63, 3.8) is 0 Å². The molecule has 2 bridgehead atoms. The van der Waals surface area contributed by atoms with Crippen molar-refractivity contribution < 1.29 is 23.9 Å². The maximum atomic E-state index is 14.3. The molecule has 1 fully saturated rings. The van der Waals surface area contributed by atoms with Crippen LogP contribution in [0.1, 0.15) is 54.8 Å². The number of aryl methyl sites for hydroxylation is 1. The summed E-state index contributed by atoms with van der Waals surface area (Å²) in [6.45, 7) is 8.66. The van der Waals surface area contributed by atoms with Gasteiger partial charge in [0.05, 0.1) is 50.1 Å². The molecular weight excluding hydrogens is 664 g/mol. The predicted octanol–water partition coefficient (Wildman–Crippen LogP) is 5.07. The number of likely N-dealkylation sites (tertiary alicyclic amines) is 1. The first kappa shape index (κ1) is 32.8. The fourth-order valence-electron chi connectivity index (χ4n) is 6.45. The standard InChI is InChI=1S/C35H37BrN6O5/c1-21(43)34-27-13-24(26-16-37-23(3)38-17-26)7-9-29(27)41(40-34)18-33(45)42-22(2)35(4)15-30(42)31(44)14-28-25(8-10-32(36)39-28)19-46-11-5-6-12-47-20-35/h5-10,13,16-17,22,30H,11-12,14-15,18-20H2,1-4H3/t22-,30+,35-/m1/s1. The second-order valence-corrected chi connectivity index (χ2v) is 13.4. The van der Waals surface area contributed by atoms with Crippen LogP contribution in [0.4, 0.5) is 0 Å². The van der Waals surface area contributed by atoms with E-state index in [9.17, 15) is 14.4 Å². The molecule has 5 heterocycles. The van der Waals surface area contributed by atoms with Crippen molar-refractivity contribution in [3.05, 3.63) is 82.3 Å². The molecule has 1 amide bonds. The summed E-state index contributed by atoms with van der Waals surface area (Å²) < 4.78 is 14.0. The molecule has 0 aliphatic carbocycles. The monoisotopic (exact) mass is 700 g/mol. The average Bonchev–Trinajstić information content (AvgIpc) is 3.53. The van der Waals surface area contributed by atoms with Crippen LogP contribution >= 0.6 is 15.9 Å².